The Labute approximate surface area is 188 Å². The number of rotatable bonds is 6. The molecular weight excluding hydrogens is 478 g/mol. The van der Waals surface area contributed by atoms with Crippen LogP contribution in [0.4, 0.5) is 17.6 Å². The van der Waals surface area contributed by atoms with Crippen LogP contribution in [0.1, 0.15) is 5.69 Å². The quantitative estimate of drug-likeness (QED) is 0.266. The number of thioether (sulfide) groups is 1. The van der Waals surface area contributed by atoms with Gasteiger partial charge in [-0.25, -0.2) is 13.8 Å². The number of amides is 1. The van der Waals surface area contributed by atoms with Crippen molar-refractivity contribution in [2.24, 2.45) is 7.05 Å². The molecule has 2 aromatic rings. The molecule has 1 heterocycles. The molecule has 0 aliphatic carbocycles. The molecule has 7 nitrogen and oxygen atoms in total. The summed E-state index contributed by atoms with van der Waals surface area (Å²) in [6.07, 6.45) is -3.71. The minimum absolute atomic E-state index is 0.0672. The van der Waals surface area contributed by atoms with E-state index in [1.807, 2.05) is 0 Å². The van der Waals surface area contributed by atoms with Crippen LogP contribution in [0.2, 0.25) is 5.02 Å². The Morgan fingerprint density at radius 1 is 1.25 bits per heavy atom. The lowest BCUT2D eigenvalue weighted by atomic mass is 10.3. The molecule has 1 aromatic heterocycles. The van der Waals surface area contributed by atoms with Gasteiger partial charge in [0, 0.05) is 38.2 Å². The lowest BCUT2D eigenvalue weighted by Crippen LogP contribution is -2.41. The van der Waals surface area contributed by atoms with Gasteiger partial charge in [-0.15, -0.1) is 11.8 Å². The number of nitrogens with zero attached hydrogens (tertiary/aromatic N) is 3. The van der Waals surface area contributed by atoms with Crippen LogP contribution in [0.5, 0.6) is 0 Å². The number of likely N-dealkylation sites (N-methyl/N-ethyl adjacent to an activating group) is 1. The van der Waals surface area contributed by atoms with Crippen molar-refractivity contribution in [3.8, 4) is 5.69 Å². The molecule has 0 saturated heterocycles. The maximum atomic E-state index is 14.6. The lowest BCUT2D eigenvalue weighted by molar-refractivity contribution is -0.144. The maximum Gasteiger partial charge on any atom is 0.431 e. The van der Waals surface area contributed by atoms with Crippen molar-refractivity contribution in [2.45, 2.75) is 11.1 Å². The number of carbonyl (C=O) groups is 1. The van der Waals surface area contributed by atoms with E-state index in [-0.39, 0.29) is 42.5 Å². The fraction of sp³-hybridized carbons (Fsp3) is 0.316. The highest BCUT2D eigenvalue weighted by Crippen LogP contribution is 2.32. The zero-order valence-corrected chi connectivity index (χ0v) is 18.9. The molecule has 174 valence electrons. The van der Waals surface area contributed by atoms with Gasteiger partial charge < -0.3 is 9.64 Å². The second kappa shape index (κ2) is 9.82. The third-order valence-corrected chi connectivity index (χ3v) is 5.71. The number of hydrogen-bond donors (Lipinski definition) is 0. The summed E-state index contributed by atoms with van der Waals surface area (Å²) >= 11 is 7.06. The second-order valence-electron chi connectivity index (χ2n) is 6.61. The number of carbonyl (C=O) groups excluding carboxylic acids is 1. The van der Waals surface area contributed by atoms with E-state index in [9.17, 15) is 31.9 Å². The van der Waals surface area contributed by atoms with Crippen molar-refractivity contribution in [3.63, 3.8) is 0 Å². The predicted octanol–water partition coefficient (Wildman–Crippen LogP) is 3.06. The van der Waals surface area contributed by atoms with Crippen molar-refractivity contribution in [1.29, 1.82) is 0 Å². The number of halogens is 5. The molecule has 0 N–H and O–H groups in total. The van der Waals surface area contributed by atoms with Crippen LogP contribution in [0.25, 0.3) is 5.69 Å². The van der Waals surface area contributed by atoms with Gasteiger partial charge in [0.15, 0.2) is 0 Å². The molecule has 0 fully saturated rings. The average Bonchev–Trinajstić information content (AvgIpc) is 2.69. The van der Waals surface area contributed by atoms with Gasteiger partial charge in [0.05, 0.1) is 23.6 Å². The Morgan fingerprint density at radius 3 is 2.41 bits per heavy atom. The summed E-state index contributed by atoms with van der Waals surface area (Å²) in [4.78, 5) is 38.1. The molecule has 0 atom stereocenters. The van der Waals surface area contributed by atoms with Crippen LogP contribution in [-0.2, 0) is 22.8 Å². The molecule has 0 aliphatic rings. The van der Waals surface area contributed by atoms with Gasteiger partial charge in [-0.3, -0.25) is 14.2 Å². The lowest BCUT2D eigenvalue weighted by Gasteiger charge is -2.15. The van der Waals surface area contributed by atoms with Crippen LogP contribution in [0.15, 0.2) is 44.5 Å². The molecule has 0 saturated carbocycles. The van der Waals surface area contributed by atoms with Crippen LogP contribution in [-0.4, -0.2) is 46.9 Å². The van der Waals surface area contributed by atoms with E-state index in [0.717, 1.165) is 30.9 Å². The first-order valence-electron chi connectivity index (χ1n) is 8.76. The Bertz CT molecular complexity index is 1190. The van der Waals surface area contributed by atoms with E-state index in [1.165, 1.54) is 18.1 Å². The SMILES string of the molecule is CO/C(=C\C(=O)N(C)C)CSc1cc(-n2c(=O)cc(C(F)(F)F)n(C)c2=O)c(F)cc1Cl. The highest BCUT2D eigenvalue weighted by Gasteiger charge is 2.35. The van der Waals surface area contributed by atoms with Crippen molar-refractivity contribution in [1.82, 2.24) is 14.0 Å². The van der Waals surface area contributed by atoms with Gasteiger partial charge >= 0.3 is 11.9 Å². The fourth-order valence-corrected chi connectivity index (χ4v) is 3.70. The van der Waals surface area contributed by atoms with Crippen LogP contribution >= 0.6 is 23.4 Å². The first-order valence-corrected chi connectivity index (χ1v) is 10.1. The highest BCUT2D eigenvalue weighted by atomic mass is 35.5. The van der Waals surface area contributed by atoms with E-state index in [0.29, 0.717) is 0 Å². The third-order valence-electron chi connectivity index (χ3n) is 4.21. The standard InChI is InChI=1S/C19H18ClF4N3O4S/c1-25(2)16(28)5-10(31-4)9-32-14-7-13(12(21)6-11(14)20)27-17(29)8-15(19(22,23)24)26(3)18(27)30/h5-8H,9H2,1-4H3/b10-5-. The van der Waals surface area contributed by atoms with Crippen LogP contribution < -0.4 is 11.2 Å². The van der Waals surface area contributed by atoms with E-state index in [2.05, 4.69) is 0 Å². The van der Waals surface area contributed by atoms with Gasteiger partial charge in [0.2, 0.25) is 5.91 Å². The first kappa shape index (κ1) is 25.5. The number of aromatic nitrogens is 2. The number of benzene rings is 1. The molecule has 0 spiro atoms. The highest BCUT2D eigenvalue weighted by molar-refractivity contribution is 7.99. The molecule has 1 amide bonds. The van der Waals surface area contributed by atoms with Crippen molar-refractivity contribution < 1.29 is 27.1 Å². The van der Waals surface area contributed by atoms with Crippen molar-refractivity contribution >= 4 is 29.3 Å². The van der Waals surface area contributed by atoms with Crippen LogP contribution in [0.3, 0.4) is 0 Å². The minimum atomic E-state index is -4.95. The summed E-state index contributed by atoms with van der Waals surface area (Å²) in [6, 6.07) is 2.12. The van der Waals surface area contributed by atoms with Gasteiger partial charge in [-0.1, -0.05) is 11.6 Å². The zero-order chi connectivity index (χ0) is 24.4. The normalized spacial score (nSPS) is 12.1. The molecular formula is C19H18ClF4N3O4S. The zero-order valence-electron chi connectivity index (χ0n) is 17.3. The molecule has 0 unspecified atom stereocenters. The molecule has 0 aliphatic heterocycles. The second-order valence-corrected chi connectivity index (χ2v) is 8.04. The average molecular weight is 496 g/mol. The van der Waals surface area contributed by atoms with Crippen LogP contribution in [0, 0.1) is 5.82 Å². The molecule has 13 heteroatoms. The smallest absolute Gasteiger partial charge is 0.431 e. The molecule has 1 aromatic carbocycles. The van der Waals surface area contributed by atoms with E-state index < -0.39 is 34.6 Å². The minimum Gasteiger partial charge on any atom is -0.500 e. The van der Waals surface area contributed by atoms with Gasteiger partial charge in [-0.05, 0) is 12.1 Å². The Balaban J connectivity index is 2.53. The summed E-state index contributed by atoms with van der Waals surface area (Å²) in [6.45, 7) is 0. The Hall–Kier alpha value is -2.73. The first-order chi connectivity index (χ1) is 14.8. The fourth-order valence-electron chi connectivity index (χ4n) is 2.49. The monoisotopic (exact) mass is 495 g/mol. The van der Waals surface area contributed by atoms with Crippen molar-refractivity contribution in [2.75, 3.05) is 27.0 Å². The van der Waals surface area contributed by atoms with Crippen molar-refractivity contribution in [3.05, 3.63) is 67.4 Å². The molecule has 0 radical (unpaired) electrons. The topological polar surface area (TPSA) is 73.5 Å². The van der Waals surface area contributed by atoms with E-state index in [1.54, 1.807) is 14.1 Å². The number of hydrogen-bond acceptors (Lipinski definition) is 5. The maximum absolute atomic E-state index is 14.6. The summed E-state index contributed by atoms with van der Waals surface area (Å²) in [5.74, 6) is -1.07. The molecule has 32 heavy (non-hydrogen) atoms. The summed E-state index contributed by atoms with van der Waals surface area (Å²) < 4.78 is 59.3. The van der Waals surface area contributed by atoms with Gasteiger partial charge in [0.25, 0.3) is 5.56 Å². The third kappa shape index (κ3) is 5.54. The van der Waals surface area contributed by atoms with E-state index >= 15 is 0 Å². The summed E-state index contributed by atoms with van der Waals surface area (Å²) in [5.41, 5.74) is -4.76. The summed E-state index contributed by atoms with van der Waals surface area (Å²) in [5, 5.41) is -0.0672. The Morgan fingerprint density at radius 2 is 1.88 bits per heavy atom. The number of alkyl halides is 3. The van der Waals surface area contributed by atoms with Gasteiger partial charge in [0.1, 0.15) is 17.3 Å². The van der Waals surface area contributed by atoms with E-state index in [4.69, 9.17) is 16.3 Å². The summed E-state index contributed by atoms with van der Waals surface area (Å²) in [7, 11) is 5.26. The number of ether oxygens (including phenoxy) is 1. The predicted molar refractivity (Wildman–Crippen MR) is 112 cm³/mol. The number of methoxy groups -OCH3 is 1. The largest absolute Gasteiger partial charge is 0.500 e. The van der Waals surface area contributed by atoms with Gasteiger partial charge in [-0.2, -0.15) is 13.2 Å². The Kier molecular flexibility index (Phi) is 7.83. The molecule has 2 rings (SSSR count). The molecule has 0 bridgehead atoms.